The van der Waals surface area contributed by atoms with E-state index >= 15 is 0 Å². The van der Waals surface area contributed by atoms with Crippen molar-refractivity contribution >= 4 is 11.6 Å². The topological polar surface area (TPSA) is 34.8 Å². The van der Waals surface area contributed by atoms with Gasteiger partial charge in [-0.25, -0.2) is 0 Å². The van der Waals surface area contributed by atoms with Gasteiger partial charge < -0.3 is 13.9 Å². The highest BCUT2D eigenvalue weighted by Crippen LogP contribution is 2.41. The molecule has 27 heavy (non-hydrogen) atoms. The van der Waals surface area contributed by atoms with Crippen molar-refractivity contribution in [2.45, 2.75) is 19.0 Å². The summed E-state index contributed by atoms with van der Waals surface area (Å²) in [6, 6.07) is 14.4. The molecule has 0 fully saturated rings. The predicted octanol–water partition coefficient (Wildman–Crippen LogP) is 5.10. The Morgan fingerprint density at radius 3 is 2.63 bits per heavy atom. The summed E-state index contributed by atoms with van der Waals surface area (Å²) in [6.45, 7) is 1.74. The molecule has 0 saturated carbocycles. The Morgan fingerprint density at radius 2 is 1.93 bits per heavy atom. The Hall–Kier alpha value is -2.43. The molecule has 2 aromatic carbocycles. The van der Waals surface area contributed by atoms with E-state index < -0.39 is 0 Å². The molecular weight excluding hydrogens is 362 g/mol. The van der Waals surface area contributed by atoms with Crippen LogP contribution in [0, 0.1) is 0 Å². The third-order valence-electron chi connectivity index (χ3n) is 5.10. The third kappa shape index (κ3) is 3.55. The number of hydrogen-bond donors (Lipinski definition) is 0. The predicted molar refractivity (Wildman–Crippen MR) is 106 cm³/mol. The number of halogens is 1. The molecular formula is C22H22ClNO3. The van der Waals surface area contributed by atoms with Crippen molar-refractivity contribution in [3.63, 3.8) is 0 Å². The number of methoxy groups -OCH3 is 2. The molecule has 0 amide bonds. The van der Waals surface area contributed by atoms with Crippen LogP contribution in [0.15, 0.2) is 59.4 Å². The Kier molecular flexibility index (Phi) is 5.10. The van der Waals surface area contributed by atoms with Crippen molar-refractivity contribution in [3.05, 3.63) is 82.3 Å². The van der Waals surface area contributed by atoms with E-state index in [1.165, 1.54) is 16.7 Å². The second kappa shape index (κ2) is 7.67. The second-order valence-electron chi connectivity index (χ2n) is 6.72. The van der Waals surface area contributed by atoms with Gasteiger partial charge >= 0.3 is 0 Å². The average molecular weight is 384 g/mol. The highest BCUT2D eigenvalue weighted by molar-refractivity contribution is 6.30. The van der Waals surface area contributed by atoms with Crippen LogP contribution in [0.1, 0.15) is 28.3 Å². The lowest BCUT2D eigenvalue weighted by molar-refractivity contribution is 0.203. The first-order valence-electron chi connectivity index (χ1n) is 8.95. The lowest BCUT2D eigenvalue weighted by Gasteiger charge is -2.38. The van der Waals surface area contributed by atoms with Crippen molar-refractivity contribution in [2.24, 2.45) is 0 Å². The molecule has 0 N–H and O–H groups in total. The standard InChI is InChI=1S/C22H22ClNO3/c1-25-20-11-16-6-8-24(13-15-7-9-27-14-15)22(19(16)12-21(20)26-2)17-4-3-5-18(23)10-17/h3-5,7,9-12,14,22H,6,8,13H2,1-2H3. The first kappa shape index (κ1) is 18.0. The van der Waals surface area contributed by atoms with Crippen molar-refractivity contribution in [1.29, 1.82) is 0 Å². The third-order valence-corrected chi connectivity index (χ3v) is 5.34. The van der Waals surface area contributed by atoms with Crippen LogP contribution in [0.3, 0.4) is 0 Å². The zero-order chi connectivity index (χ0) is 18.8. The Morgan fingerprint density at radius 1 is 1.11 bits per heavy atom. The summed E-state index contributed by atoms with van der Waals surface area (Å²) in [4.78, 5) is 2.45. The van der Waals surface area contributed by atoms with Gasteiger partial charge in [0.25, 0.3) is 0 Å². The van der Waals surface area contributed by atoms with Gasteiger partial charge in [-0.1, -0.05) is 23.7 Å². The number of fused-ring (bicyclic) bond motifs is 1. The number of hydrogen-bond acceptors (Lipinski definition) is 4. The molecule has 1 aromatic heterocycles. The number of furan rings is 1. The quantitative estimate of drug-likeness (QED) is 0.614. The average Bonchev–Trinajstić information content (AvgIpc) is 3.19. The summed E-state index contributed by atoms with van der Waals surface area (Å²) in [5.74, 6) is 1.51. The number of ether oxygens (including phenoxy) is 2. The highest BCUT2D eigenvalue weighted by atomic mass is 35.5. The summed E-state index contributed by atoms with van der Waals surface area (Å²) >= 11 is 6.31. The number of rotatable bonds is 5. The zero-order valence-corrected chi connectivity index (χ0v) is 16.2. The minimum absolute atomic E-state index is 0.0853. The van der Waals surface area contributed by atoms with Crippen LogP contribution in [-0.4, -0.2) is 25.7 Å². The molecule has 2 heterocycles. The molecule has 0 bridgehead atoms. The van der Waals surface area contributed by atoms with Crippen LogP contribution in [0.4, 0.5) is 0 Å². The summed E-state index contributed by atoms with van der Waals surface area (Å²) in [5.41, 5.74) is 4.83. The zero-order valence-electron chi connectivity index (χ0n) is 15.4. The summed E-state index contributed by atoms with van der Waals surface area (Å²) < 4.78 is 16.3. The smallest absolute Gasteiger partial charge is 0.161 e. The Bertz CT molecular complexity index is 923. The van der Waals surface area contributed by atoms with E-state index in [9.17, 15) is 0 Å². The van der Waals surface area contributed by atoms with E-state index in [4.69, 9.17) is 25.5 Å². The molecule has 4 rings (SSSR count). The molecule has 0 radical (unpaired) electrons. The SMILES string of the molecule is COc1cc2c(cc1OC)C(c1cccc(Cl)c1)N(Cc1ccoc1)CC2. The lowest BCUT2D eigenvalue weighted by Crippen LogP contribution is -2.35. The van der Waals surface area contributed by atoms with Gasteiger partial charge in [-0.15, -0.1) is 0 Å². The van der Waals surface area contributed by atoms with Crippen molar-refractivity contribution in [2.75, 3.05) is 20.8 Å². The molecule has 4 nitrogen and oxygen atoms in total. The van der Waals surface area contributed by atoms with E-state index in [0.29, 0.717) is 0 Å². The van der Waals surface area contributed by atoms with Gasteiger partial charge in [-0.2, -0.15) is 0 Å². The van der Waals surface area contributed by atoms with Crippen LogP contribution in [0.5, 0.6) is 11.5 Å². The molecule has 1 aliphatic rings. The maximum Gasteiger partial charge on any atom is 0.161 e. The molecule has 5 heteroatoms. The van der Waals surface area contributed by atoms with Gasteiger partial charge in [0.15, 0.2) is 11.5 Å². The highest BCUT2D eigenvalue weighted by Gasteiger charge is 2.30. The van der Waals surface area contributed by atoms with Crippen LogP contribution in [0.25, 0.3) is 0 Å². The first-order chi connectivity index (χ1) is 13.2. The van der Waals surface area contributed by atoms with E-state index in [1.54, 1.807) is 26.7 Å². The lowest BCUT2D eigenvalue weighted by atomic mass is 9.87. The van der Waals surface area contributed by atoms with Crippen LogP contribution >= 0.6 is 11.6 Å². The molecule has 1 aliphatic heterocycles. The molecule has 1 atom stereocenters. The number of nitrogens with zero attached hydrogens (tertiary/aromatic N) is 1. The van der Waals surface area contributed by atoms with Crippen LogP contribution in [0.2, 0.25) is 5.02 Å². The second-order valence-corrected chi connectivity index (χ2v) is 7.15. The van der Waals surface area contributed by atoms with Gasteiger partial charge in [-0.3, -0.25) is 4.90 Å². The molecule has 0 spiro atoms. The van der Waals surface area contributed by atoms with E-state index in [0.717, 1.165) is 41.6 Å². The van der Waals surface area contributed by atoms with Gasteiger partial charge in [0.2, 0.25) is 0 Å². The van der Waals surface area contributed by atoms with E-state index in [1.807, 2.05) is 24.3 Å². The van der Waals surface area contributed by atoms with Crippen LogP contribution < -0.4 is 9.47 Å². The minimum Gasteiger partial charge on any atom is -0.493 e. The maximum atomic E-state index is 6.31. The normalized spacial score (nSPS) is 16.8. The summed E-state index contributed by atoms with van der Waals surface area (Å²) in [6.07, 6.45) is 4.47. The van der Waals surface area contributed by atoms with E-state index in [-0.39, 0.29) is 6.04 Å². The minimum atomic E-state index is 0.0853. The Balaban J connectivity index is 1.82. The van der Waals surface area contributed by atoms with Crippen LogP contribution in [-0.2, 0) is 13.0 Å². The van der Waals surface area contributed by atoms with Gasteiger partial charge in [0, 0.05) is 23.7 Å². The summed E-state index contributed by atoms with van der Waals surface area (Å²) in [5, 5.41) is 0.739. The van der Waals surface area contributed by atoms with Crippen molar-refractivity contribution in [1.82, 2.24) is 4.90 Å². The number of benzene rings is 2. The maximum absolute atomic E-state index is 6.31. The van der Waals surface area contributed by atoms with Crippen molar-refractivity contribution < 1.29 is 13.9 Å². The summed E-state index contributed by atoms with van der Waals surface area (Å²) in [7, 11) is 3.34. The molecule has 0 saturated heterocycles. The monoisotopic (exact) mass is 383 g/mol. The molecule has 3 aromatic rings. The fraction of sp³-hybridized carbons (Fsp3) is 0.273. The Labute approximate surface area is 164 Å². The van der Waals surface area contributed by atoms with Gasteiger partial charge in [0.1, 0.15) is 0 Å². The van der Waals surface area contributed by atoms with Gasteiger partial charge in [0.05, 0.1) is 32.8 Å². The molecule has 1 unspecified atom stereocenters. The molecule has 0 aliphatic carbocycles. The largest absolute Gasteiger partial charge is 0.493 e. The van der Waals surface area contributed by atoms with Crippen molar-refractivity contribution in [3.8, 4) is 11.5 Å². The fourth-order valence-corrected chi connectivity index (χ4v) is 4.05. The van der Waals surface area contributed by atoms with E-state index in [2.05, 4.69) is 23.1 Å². The van der Waals surface area contributed by atoms with Gasteiger partial charge in [-0.05, 0) is 53.4 Å². The fourth-order valence-electron chi connectivity index (χ4n) is 3.85. The molecule has 140 valence electrons. The first-order valence-corrected chi connectivity index (χ1v) is 9.32.